The van der Waals surface area contributed by atoms with E-state index in [-0.39, 0.29) is 30.6 Å². The van der Waals surface area contributed by atoms with Crippen LogP contribution in [-0.4, -0.2) is 51.0 Å². The van der Waals surface area contributed by atoms with E-state index < -0.39 is 0 Å². The largest absolute Gasteiger partial charge is 0.496 e. The van der Waals surface area contributed by atoms with Crippen LogP contribution in [0.3, 0.4) is 0 Å². The van der Waals surface area contributed by atoms with Crippen molar-refractivity contribution in [1.82, 2.24) is 10.2 Å². The average molecular weight is 467 g/mol. The number of ether oxygens (including phenoxy) is 1. The highest BCUT2D eigenvalue weighted by Gasteiger charge is 2.12. The van der Waals surface area contributed by atoms with E-state index in [4.69, 9.17) is 4.74 Å². The lowest BCUT2D eigenvalue weighted by Gasteiger charge is -2.17. The third kappa shape index (κ3) is 8.46. The van der Waals surface area contributed by atoms with Crippen molar-refractivity contribution in [3.8, 4) is 5.75 Å². The Labute approximate surface area is 199 Å². The number of hydrogen-bond acceptors (Lipinski definition) is 4. The number of fused-ring (bicyclic) bond motifs is 1. The molecule has 0 saturated heterocycles. The zero-order chi connectivity index (χ0) is 20.5. The molecule has 1 heterocycles. The minimum Gasteiger partial charge on any atom is -0.496 e. The second-order valence-electron chi connectivity index (χ2n) is 7.98. The fourth-order valence-electron chi connectivity index (χ4n) is 3.99. The van der Waals surface area contributed by atoms with Gasteiger partial charge in [-0.1, -0.05) is 30.3 Å². The summed E-state index contributed by atoms with van der Waals surface area (Å²) in [7, 11) is 3.87. The molecule has 0 saturated carbocycles. The average Bonchev–Trinajstić information content (AvgIpc) is 3.00. The quantitative estimate of drug-likeness (QED) is 0.404. The fraction of sp³-hybridized carbons (Fsp3) is 0.480. The first-order valence-electron chi connectivity index (χ1n) is 10.8. The standard InChI is InChI=1S/C25H34N2O2.2ClH/c1-27(18-14-21-7-3-4-9-25(21)29-2)17-6-5-8-24(28)23-11-10-20-12-15-26-16-13-22(20)19-23;;/h3-4,7,9-11,19,26H,5-6,8,12-18H2,1-2H3;2*1H. The minimum absolute atomic E-state index is 0. The number of nitrogens with zero attached hydrogens (tertiary/aromatic N) is 1. The molecule has 1 aliphatic rings. The number of benzene rings is 2. The van der Waals surface area contributed by atoms with E-state index in [0.717, 1.165) is 69.6 Å². The fourth-order valence-corrected chi connectivity index (χ4v) is 3.99. The van der Waals surface area contributed by atoms with Crippen LogP contribution in [0, 0.1) is 0 Å². The van der Waals surface area contributed by atoms with Crippen LogP contribution in [-0.2, 0) is 19.3 Å². The Hall–Kier alpha value is -1.59. The molecule has 31 heavy (non-hydrogen) atoms. The van der Waals surface area contributed by atoms with E-state index >= 15 is 0 Å². The third-order valence-electron chi connectivity index (χ3n) is 5.82. The minimum atomic E-state index is 0. The van der Waals surface area contributed by atoms with Crippen molar-refractivity contribution >= 4 is 30.6 Å². The number of unbranched alkanes of at least 4 members (excludes halogenated alkanes) is 1. The van der Waals surface area contributed by atoms with E-state index in [2.05, 4.69) is 41.5 Å². The predicted octanol–water partition coefficient (Wildman–Crippen LogP) is 4.75. The van der Waals surface area contributed by atoms with Crippen molar-refractivity contribution in [2.75, 3.05) is 40.3 Å². The molecule has 2 aromatic rings. The molecule has 0 bridgehead atoms. The van der Waals surface area contributed by atoms with E-state index in [1.165, 1.54) is 16.7 Å². The highest BCUT2D eigenvalue weighted by atomic mass is 35.5. The second-order valence-corrected chi connectivity index (χ2v) is 7.98. The molecule has 0 aromatic heterocycles. The molecule has 1 aliphatic heterocycles. The van der Waals surface area contributed by atoms with Gasteiger partial charge in [-0.15, -0.1) is 24.8 Å². The second kappa shape index (κ2) is 14.5. The van der Waals surface area contributed by atoms with Crippen molar-refractivity contribution < 1.29 is 9.53 Å². The summed E-state index contributed by atoms with van der Waals surface area (Å²) in [6.07, 6.45) is 5.68. The van der Waals surface area contributed by atoms with Gasteiger partial charge in [0.15, 0.2) is 5.78 Å². The molecular weight excluding hydrogens is 431 g/mol. The van der Waals surface area contributed by atoms with Gasteiger partial charge in [0.05, 0.1) is 7.11 Å². The maximum atomic E-state index is 12.6. The van der Waals surface area contributed by atoms with Gasteiger partial charge in [0, 0.05) is 18.5 Å². The molecular formula is C25H36Cl2N2O2. The summed E-state index contributed by atoms with van der Waals surface area (Å²) < 4.78 is 5.43. The topological polar surface area (TPSA) is 41.6 Å². The van der Waals surface area contributed by atoms with Crippen molar-refractivity contribution in [2.24, 2.45) is 0 Å². The summed E-state index contributed by atoms with van der Waals surface area (Å²) >= 11 is 0. The van der Waals surface area contributed by atoms with Crippen LogP contribution in [0.4, 0.5) is 0 Å². The lowest BCUT2D eigenvalue weighted by molar-refractivity contribution is 0.0978. The van der Waals surface area contributed by atoms with Crippen molar-refractivity contribution in [1.29, 1.82) is 0 Å². The zero-order valence-corrected chi connectivity index (χ0v) is 20.3. The summed E-state index contributed by atoms with van der Waals surface area (Å²) in [5.41, 5.74) is 4.87. The molecule has 2 aromatic carbocycles. The lowest BCUT2D eigenvalue weighted by Crippen LogP contribution is -2.22. The van der Waals surface area contributed by atoms with E-state index in [9.17, 15) is 4.79 Å². The number of rotatable bonds is 10. The van der Waals surface area contributed by atoms with Crippen LogP contribution in [0.2, 0.25) is 0 Å². The van der Waals surface area contributed by atoms with Gasteiger partial charge in [-0.2, -0.15) is 0 Å². The molecule has 172 valence electrons. The monoisotopic (exact) mass is 466 g/mol. The Morgan fingerprint density at radius 2 is 1.74 bits per heavy atom. The van der Waals surface area contributed by atoms with Gasteiger partial charge >= 0.3 is 0 Å². The molecule has 0 spiro atoms. The summed E-state index contributed by atoms with van der Waals surface area (Å²) in [5.74, 6) is 1.24. The van der Waals surface area contributed by atoms with Crippen LogP contribution in [0.5, 0.6) is 5.75 Å². The SMILES string of the molecule is COc1ccccc1CCN(C)CCCCC(=O)c1ccc2c(c1)CCNCC2.Cl.Cl. The number of para-hydroxylation sites is 1. The summed E-state index contributed by atoms with van der Waals surface area (Å²) in [6.45, 7) is 4.04. The molecule has 3 rings (SSSR count). The number of likely N-dealkylation sites (N-methyl/N-ethyl adjacent to an activating group) is 1. The molecule has 4 nitrogen and oxygen atoms in total. The first-order valence-corrected chi connectivity index (χ1v) is 10.8. The van der Waals surface area contributed by atoms with Gasteiger partial charge in [-0.25, -0.2) is 0 Å². The Kier molecular flexibility index (Phi) is 12.8. The molecule has 0 amide bonds. The Morgan fingerprint density at radius 1 is 1.00 bits per heavy atom. The smallest absolute Gasteiger partial charge is 0.162 e. The van der Waals surface area contributed by atoms with Gasteiger partial charge in [-0.3, -0.25) is 4.79 Å². The van der Waals surface area contributed by atoms with Gasteiger partial charge in [0.2, 0.25) is 0 Å². The van der Waals surface area contributed by atoms with Crippen molar-refractivity contribution in [3.63, 3.8) is 0 Å². The maximum absolute atomic E-state index is 12.6. The maximum Gasteiger partial charge on any atom is 0.162 e. The number of methoxy groups -OCH3 is 1. The first kappa shape index (κ1) is 27.4. The van der Waals surface area contributed by atoms with Gasteiger partial charge < -0.3 is 15.0 Å². The summed E-state index contributed by atoms with van der Waals surface area (Å²) in [4.78, 5) is 14.9. The molecule has 6 heteroatoms. The number of halogens is 2. The molecule has 0 aliphatic carbocycles. The number of ketones is 1. The van der Waals surface area contributed by atoms with Gasteiger partial charge in [0.1, 0.15) is 5.75 Å². The van der Waals surface area contributed by atoms with Crippen LogP contribution in [0.25, 0.3) is 0 Å². The first-order chi connectivity index (χ1) is 14.2. The van der Waals surface area contributed by atoms with E-state index in [0.29, 0.717) is 6.42 Å². The summed E-state index contributed by atoms with van der Waals surface area (Å²) in [6, 6.07) is 14.5. The molecule has 0 radical (unpaired) electrons. The molecule has 0 atom stereocenters. The number of carbonyl (C=O) groups excluding carboxylic acids is 1. The van der Waals surface area contributed by atoms with Crippen molar-refractivity contribution in [2.45, 2.75) is 38.5 Å². The van der Waals surface area contributed by atoms with Crippen LogP contribution >= 0.6 is 24.8 Å². The third-order valence-corrected chi connectivity index (χ3v) is 5.82. The number of nitrogens with one attached hydrogen (secondary N) is 1. The predicted molar refractivity (Wildman–Crippen MR) is 134 cm³/mol. The van der Waals surface area contributed by atoms with E-state index in [1.54, 1.807) is 7.11 Å². The normalized spacial score (nSPS) is 12.9. The number of hydrogen-bond donors (Lipinski definition) is 1. The summed E-state index contributed by atoms with van der Waals surface area (Å²) in [5, 5.41) is 3.43. The number of carbonyl (C=O) groups is 1. The van der Waals surface area contributed by atoms with Gasteiger partial charge in [0.25, 0.3) is 0 Å². The Balaban J connectivity index is 0.00000240. The highest BCUT2D eigenvalue weighted by molar-refractivity contribution is 5.96. The molecule has 1 N–H and O–H groups in total. The Bertz CT molecular complexity index is 814. The number of Topliss-reactive ketones (excluding diaryl/α,β-unsaturated/α-hetero) is 1. The van der Waals surface area contributed by atoms with Crippen LogP contribution < -0.4 is 10.1 Å². The van der Waals surface area contributed by atoms with Gasteiger partial charge in [-0.05, 0) is 87.6 Å². The lowest BCUT2D eigenvalue weighted by atomic mass is 9.97. The Morgan fingerprint density at radius 3 is 2.52 bits per heavy atom. The molecule has 0 unspecified atom stereocenters. The van der Waals surface area contributed by atoms with Crippen LogP contribution in [0.1, 0.15) is 46.3 Å². The van der Waals surface area contributed by atoms with Crippen LogP contribution in [0.15, 0.2) is 42.5 Å². The highest BCUT2D eigenvalue weighted by Crippen LogP contribution is 2.19. The van der Waals surface area contributed by atoms with Crippen molar-refractivity contribution in [3.05, 3.63) is 64.7 Å². The van der Waals surface area contributed by atoms with E-state index in [1.807, 2.05) is 18.2 Å². The zero-order valence-electron chi connectivity index (χ0n) is 18.7. The molecule has 0 fully saturated rings.